The van der Waals surface area contributed by atoms with E-state index in [1.165, 1.54) is 38.5 Å². The summed E-state index contributed by atoms with van der Waals surface area (Å²) in [6.45, 7) is 3.17. The summed E-state index contributed by atoms with van der Waals surface area (Å²) >= 11 is 0. The summed E-state index contributed by atoms with van der Waals surface area (Å²) in [6.07, 6.45) is 17.8. The van der Waals surface area contributed by atoms with Crippen LogP contribution in [0.3, 0.4) is 0 Å². The van der Waals surface area contributed by atoms with Crippen molar-refractivity contribution in [3.8, 4) is 0 Å². The number of hydrogen-bond acceptors (Lipinski definition) is 3. The summed E-state index contributed by atoms with van der Waals surface area (Å²) in [6, 6.07) is 0. The molecule has 3 heteroatoms. The first-order valence-electron chi connectivity index (χ1n) is 7.32. The highest BCUT2D eigenvalue weighted by molar-refractivity contribution is 4.97. The maximum atomic E-state index is 8.94. The fourth-order valence-electron chi connectivity index (χ4n) is 2.21. The molecule has 104 valence electrons. The van der Waals surface area contributed by atoms with E-state index in [1.807, 2.05) is 12.4 Å². The van der Waals surface area contributed by atoms with Gasteiger partial charge in [-0.15, -0.1) is 0 Å². The van der Waals surface area contributed by atoms with Crippen molar-refractivity contribution in [1.82, 2.24) is 10.2 Å². The van der Waals surface area contributed by atoms with Crippen LogP contribution in [0.2, 0.25) is 0 Å². The van der Waals surface area contributed by atoms with Gasteiger partial charge in [-0.2, -0.15) is 0 Å². The van der Waals surface area contributed by atoms with E-state index in [-0.39, 0.29) is 6.61 Å². The number of unbranched alkanes of at least 4 members (excludes halogenated alkanes) is 5. The Bertz CT molecular complexity index is 251. The summed E-state index contributed by atoms with van der Waals surface area (Å²) in [5.41, 5.74) is 0. The summed E-state index contributed by atoms with van der Waals surface area (Å²) in [7, 11) is 0. The van der Waals surface area contributed by atoms with Crippen LogP contribution in [0, 0.1) is 0 Å². The monoisotopic (exact) mass is 252 g/mol. The van der Waals surface area contributed by atoms with Crippen molar-refractivity contribution in [2.24, 2.45) is 0 Å². The molecular formula is C15H28N2O. The maximum Gasteiger partial charge on any atom is 0.102 e. The van der Waals surface area contributed by atoms with Gasteiger partial charge in [0.2, 0.25) is 0 Å². The van der Waals surface area contributed by atoms with Crippen LogP contribution in [0.1, 0.15) is 51.9 Å². The summed E-state index contributed by atoms with van der Waals surface area (Å²) in [5.74, 6) is 0. The van der Waals surface area contributed by atoms with Crippen LogP contribution in [0.25, 0.3) is 0 Å². The Balaban J connectivity index is 2.02. The molecular weight excluding hydrogens is 224 g/mol. The van der Waals surface area contributed by atoms with E-state index in [9.17, 15) is 0 Å². The lowest BCUT2D eigenvalue weighted by molar-refractivity contribution is 0.202. The molecule has 1 aliphatic heterocycles. The van der Waals surface area contributed by atoms with Gasteiger partial charge in [0.05, 0.1) is 6.61 Å². The molecule has 0 amide bonds. The predicted molar refractivity (Wildman–Crippen MR) is 77.0 cm³/mol. The van der Waals surface area contributed by atoms with Gasteiger partial charge in [-0.3, -0.25) is 0 Å². The Morgan fingerprint density at radius 1 is 1.22 bits per heavy atom. The third-order valence-electron chi connectivity index (χ3n) is 3.31. The number of β-amino-alcohol motifs (C(OH)–C–C–N with tert-alkyl or cyclic N) is 1. The van der Waals surface area contributed by atoms with E-state index in [2.05, 4.69) is 29.3 Å². The van der Waals surface area contributed by atoms with E-state index in [0.717, 1.165) is 6.42 Å². The molecule has 0 radical (unpaired) electrons. The van der Waals surface area contributed by atoms with Gasteiger partial charge in [-0.05, 0) is 12.8 Å². The second-order valence-corrected chi connectivity index (χ2v) is 4.87. The zero-order valence-electron chi connectivity index (χ0n) is 11.6. The minimum absolute atomic E-state index is 0.212. The second-order valence-electron chi connectivity index (χ2n) is 4.87. The highest BCUT2D eigenvalue weighted by Gasteiger charge is 2.15. The number of aliphatic hydroxyl groups is 1. The molecule has 0 aromatic carbocycles. The van der Waals surface area contributed by atoms with Crippen LogP contribution in [0.4, 0.5) is 0 Å². The molecule has 1 aliphatic rings. The normalized spacial score (nSPS) is 18.8. The SMILES string of the molecule is CCCCCCC/C=C/CC1NC=CN1CCO. The van der Waals surface area contributed by atoms with Crippen LogP contribution in [-0.2, 0) is 0 Å². The van der Waals surface area contributed by atoms with Crippen molar-refractivity contribution in [3.05, 3.63) is 24.6 Å². The molecule has 0 fully saturated rings. The van der Waals surface area contributed by atoms with Crippen LogP contribution < -0.4 is 5.32 Å². The van der Waals surface area contributed by atoms with E-state index < -0.39 is 0 Å². The third-order valence-corrected chi connectivity index (χ3v) is 3.31. The van der Waals surface area contributed by atoms with Gasteiger partial charge in [-0.25, -0.2) is 0 Å². The molecule has 1 rings (SSSR count). The molecule has 1 heterocycles. The van der Waals surface area contributed by atoms with Crippen molar-refractivity contribution in [2.75, 3.05) is 13.2 Å². The molecule has 1 atom stereocenters. The molecule has 0 saturated heterocycles. The first-order chi connectivity index (χ1) is 8.88. The second kappa shape index (κ2) is 10.0. The molecule has 0 spiro atoms. The van der Waals surface area contributed by atoms with Gasteiger partial charge in [0.15, 0.2) is 0 Å². The minimum Gasteiger partial charge on any atom is -0.395 e. The van der Waals surface area contributed by atoms with E-state index in [4.69, 9.17) is 5.11 Å². The number of rotatable bonds is 10. The lowest BCUT2D eigenvalue weighted by atomic mass is 10.1. The van der Waals surface area contributed by atoms with Crippen LogP contribution >= 0.6 is 0 Å². The fourth-order valence-corrected chi connectivity index (χ4v) is 2.21. The largest absolute Gasteiger partial charge is 0.395 e. The van der Waals surface area contributed by atoms with Gasteiger partial charge in [-0.1, -0.05) is 44.8 Å². The van der Waals surface area contributed by atoms with Gasteiger partial charge >= 0.3 is 0 Å². The Hall–Kier alpha value is -0.960. The number of nitrogens with one attached hydrogen (secondary N) is 1. The first kappa shape index (κ1) is 15.1. The molecule has 0 saturated carbocycles. The van der Waals surface area contributed by atoms with Crippen molar-refractivity contribution in [1.29, 1.82) is 0 Å². The van der Waals surface area contributed by atoms with Crippen molar-refractivity contribution < 1.29 is 5.11 Å². The lowest BCUT2D eigenvalue weighted by Crippen LogP contribution is -2.36. The van der Waals surface area contributed by atoms with Crippen molar-refractivity contribution in [2.45, 2.75) is 58.0 Å². The molecule has 18 heavy (non-hydrogen) atoms. The lowest BCUT2D eigenvalue weighted by Gasteiger charge is -2.23. The third kappa shape index (κ3) is 6.10. The van der Waals surface area contributed by atoms with Gasteiger partial charge in [0.1, 0.15) is 6.17 Å². The quantitative estimate of drug-likeness (QED) is 0.463. The van der Waals surface area contributed by atoms with Crippen LogP contribution in [0.15, 0.2) is 24.6 Å². The molecule has 2 N–H and O–H groups in total. The number of aliphatic hydroxyl groups excluding tert-OH is 1. The van der Waals surface area contributed by atoms with E-state index in [0.29, 0.717) is 12.7 Å². The van der Waals surface area contributed by atoms with Crippen LogP contribution in [-0.4, -0.2) is 29.3 Å². The molecule has 0 aliphatic carbocycles. The Labute approximate surface area is 112 Å². The Kier molecular flexibility index (Phi) is 8.40. The average molecular weight is 252 g/mol. The van der Waals surface area contributed by atoms with Gasteiger partial charge in [0.25, 0.3) is 0 Å². The first-order valence-corrected chi connectivity index (χ1v) is 7.32. The summed E-state index contributed by atoms with van der Waals surface area (Å²) < 4.78 is 0. The zero-order valence-corrected chi connectivity index (χ0v) is 11.6. The number of nitrogens with zero attached hydrogens (tertiary/aromatic N) is 1. The number of allylic oxidation sites excluding steroid dienone is 1. The molecule has 0 aromatic heterocycles. The zero-order chi connectivity index (χ0) is 13.1. The molecule has 0 bridgehead atoms. The van der Waals surface area contributed by atoms with E-state index in [1.54, 1.807) is 0 Å². The molecule has 0 aromatic rings. The predicted octanol–water partition coefficient (Wildman–Crippen LogP) is 2.99. The van der Waals surface area contributed by atoms with Crippen molar-refractivity contribution >= 4 is 0 Å². The smallest absolute Gasteiger partial charge is 0.102 e. The summed E-state index contributed by atoms with van der Waals surface area (Å²) in [5, 5.41) is 12.2. The highest BCUT2D eigenvalue weighted by atomic mass is 16.3. The Morgan fingerprint density at radius 3 is 2.83 bits per heavy atom. The Morgan fingerprint density at radius 2 is 2.06 bits per heavy atom. The number of hydrogen-bond donors (Lipinski definition) is 2. The minimum atomic E-state index is 0.212. The highest BCUT2D eigenvalue weighted by Crippen LogP contribution is 2.10. The average Bonchev–Trinajstić information content (AvgIpc) is 2.81. The molecule has 3 nitrogen and oxygen atoms in total. The van der Waals surface area contributed by atoms with E-state index >= 15 is 0 Å². The fraction of sp³-hybridized carbons (Fsp3) is 0.733. The van der Waals surface area contributed by atoms with Gasteiger partial charge < -0.3 is 15.3 Å². The summed E-state index contributed by atoms with van der Waals surface area (Å²) in [4.78, 5) is 2.14. The maximum absolute atomic E-state index is 8.94. The van der Waals surface area contributed by atoms with Gasteiger partial charge in [0, 0.05) is 25.4 Å². The molecule has 1 unspecified atom stereocenters. The van der Waals surface area contributed by atoms with Crippen LogP contribution in [0.5, 0.6) is 0 Å². The van der Waals surface area contributed by atoms with Crippen molar-refractivity contribution in [3.63, 3.8) is 0 Å². The topological polar surface area (TPSA) is 35.5 Å². The standard InChI is InChI=1S/C15H28N2O/c1-2-3-4-5-6-7-8-9-10-15-16-11-12-17(15)13-14-18/h8-9,11-12,15-16,18H,2-7,10,13-14H2,1H3/b9-8+.